The molecule has 5 heteroatoms. The van der Waals surface area contributed by atoms with Crippen LogP contribution >= 0.6 is 18.8 Å². The van der Waals surface area contributed by atoms with Gasteiger partial charge in [-0.05, 0) is 0 Å². The molecule has 4 N–H and O–H groups in total. The van der Waals surface area contributed by atoms with E-state index < -0.39 is 19.2 Å². The Kier molecular flexibility index (Phi) is 3.67. The number of nitrogens with two attached hydrogens (primary N) is 2. The molecule has 0 unspecified atom stereocenters. The average molecular weight is 379 g/mol. The Labute approximate surface area is 81.0 Å². The first kappa shape index (κ1) is 10.3. The van der Waals surface area contributed by atoms with E-state index in [9.17, 15) is 0 Å². The van der Waals surface area contributed by atoms with Crippen molar-refractivity contribution < 1.29 is 15.2 Å². The van der Waals surface area contributed by atoms with Gasteiger partial charge in [0, 0.05) is 0 Å². The summed E-state index contributed by atoms with van der Waals surface area (Å²) in [5.74, 6) is 0. The van der Waals surface area contributed by atoms with E-state index in [0.717, 1.165) is 25.7 Å². The molecule has 1 fully saturated rings. The van der Waals surface area contributed by atoms with Gasteiger partial charge in [0.1, 0.15) is 0 Å². The topological polar surface area (TPSA) is 52.0 Å². The van der Waals surface area contributed by atoms with Crippen molar-refractivity contribution >= 4 is 18.8 Å². The molecule has 11 heavy (non-hydrogen) atoms. The van der Waals surface area contributed by atoms with Gasteiger partial charge in [-0.3, -0.25) is 0 Å². The second-order valence-electron chi connectivity index (χ2n) is 2.89. The fourth-order valence-electron chi connectivity index (χ4n) is 1.31. The molecular weight excluding hydrogens is 366 g/mol. The summed E-state index contributed by atoms with van der Waals surface area (Å²) in [5.41, 5.74) is 11.9. The normalized spacial score (nSPS) is 40.4. The first-order valence-electron chi connectivity index (χ1n) is 3.57. The summed E-state index contributed by atoms with van der Waals surface area (Å²) in [5, 5.41) is 0. The fraction of sp³-hybridized carbons (Fsp3) is 1.00. The van der Waals surface area contributed by atoms with Gasteiger partial charge >= 0.3 is 81.2 Å². The number of hydrogen-bond acceptors (Lipinski definition) is 2. The summed E-state index contributed by atoms with van der Waals surface area (Å²) in [6.45, 7) is 0. The molecule has 1 aliphatic rings. The number of hydrogen-bond donors (Lipinski definition) is 2. The van der Waals surface area contributed by atoms with E-state index in [2.05, 4.69) is 0 Å². The van der Waals surface area contributed by atoms with E-state index in [1.165, 1.54) is 0 Å². The van der Waals surface area contributed by atoms with E-state index >= 15 is 0 Å². The molecule has 0 heterocycles. The summed E-state index contributed by atoms with van der Waals surface area (Å²) >= 11 is -2.00. The molecule has 0 amide bonds. The molecule has 71 valence electrons. The Balaban J connectivity index is 2.64. The fourth-order valence-corrected chi connectivity index (χ4v) is 5.54. The van der Waals surface area contributed by atoms with Crippen molar-refractivity contribution in [3.05, 3.63) is 0 Å². The molecule has 0 spiro atoms. The molecule has 1 aliphatic carbocycles. The second kappa shape index (κ2) is 3.93. The third-order valence-corrected chi connectivity index (χ3v) is 8.78. The molecule has 1 rings (SSSR count). The maximum atomic E-state index is 6.03. The van der Waals surface area contributed by atoms with E-state index in [-0.39, 0.29) is 6.04 Å². The summed E-state index contributed by atoms with van der Waals surface area (Å²) in [6.07, 6.45) is 4.17. The predicted octanol–water partition coefficient (Wildman–Crippen LogP) is 1.47. The quantitative estimate of drug-likeness (QED) is 0.725. The molecule has 0 radical (unpaired) electrons. The van der Waals surface area contributed by atoms with Crippen LogP contribution in [0.25, 0.3) is 0 Å². The maximum absolute atomic E-state index is 6.03. The molecule has 0 saturated heterocycles. The molecule has 2 nitrogen and oxygen atoms in total. The van der Waals surface area contributed by atoms with E-state index in [4.69, 9.17) is 30.3 Å². The van der Waals surface area contributed by atoms with Crippen molar-refractivity contribution in [2.45, 2.75) is 35.7 Å². The van der Waals surface area contributed by atoms with Gasteiger partial charge in [0.15, 0.2) is 0 Å². The van der Waals surface area contributed by atoms with Gasteiger partial charge in [-0.2, -0.15) is 0 Å². The van der Waals surface area contributed by atoms with Gasteiger partial charge in [0.2, 0.25) is 0 Å². The molecule has 0 aliphatic heterocycles. The zero-order valence-corrected chi connectivity index (χ0v) is 9.92. The zero-order chi connectivity index (χ0) is 8.48. The molecular formula is C6H13Cl2N2Pt. The van der Waals surface area contributed by atoms with Crippen molar-refractivity contribution in [1.29, 1.82) is 0 Å². The molecule has 0 aromatic heterocycles. The Bertz CT molecular complexity index is 145. The van der Waals surface area contributed by atoms with E-state index in [1.807, 2.05) is 0 Å². The van der Waals surface area contributed by atoms with Crippen LogP contribution in [0.15, 0.2) is 0 Å². The van der Waals surface area contributed by atoms with Crippen LogP contribution in [0.5, 0.6) is 0 Å². The minimum absolute atomic E-state index is 0.0248. The average Bonchev–Trinajstić information content (AvgIpc) is 1.95. The monoisotopic (exact) mass is 378 g/mol. The standard InChI is InChI=1S/C6H13N2.2ClH.Pt/c7-5-3-1-2-4-6(5)8;;;/h5H,1-4,7-8H2;2*1H;/q;;;+2/p-2/t5-;;;/m1.../s1. The third kappa shape index (κ3) is 2.10. The van der Waals surface area contributed by atoms with Crippen LogP contribution in [0.1, 0.15) is 25.7 Å². The van der Waals surface area contributed by atoms with Crippen molar-refractivity contribution in [3.8, 4) is 0 Å². The molecule has 1 saturated carbocycles. The summed E-state index contributed by atoms with van der Waals surface area (Å²) in [4.78, 5) is 0. The van der Waals surface area contributed by atoms with Crippen LogP contribution < -0.4 is 11.5 Å². The van der Waals surface area contributed by atoms with Crippen molar-refractivity contribution in [1.82, 2.24) is 0 Å². The Morgan fingerprint density at radius 1 is 1.36 bits per heavy atom. The third-order valence-electron chi connectivity index (χ3n) is 2.13. The van der Waals surface area contributed by atoms with Crippen LogP contribution in [0.4, 0.5) is 0 Å². The van der Waals surface area contributed by atoms with Gasteiger partial charge in [-0.15, -0.1) is 0 Å². The molecule has 0 aromatic rings. The molecule has 0 bridgehead atoms. The minimum atomic E-state index is -2.00. The van der Waals surface area contributed by atoms with Gasteiger partial charge in [-0.1, -0.05) is 0 Å². The number of rotatable bonds is 1. The van der Waals surface area contributed by atoms with Crippen molar-refractivity contribution in [2.75, 3.05) is 0 Å². The Morgan fingerprint density at radius 2 is 2.00 bits per heavy atom. The summed E-state index contributed by atoms with van der Waals surface area (Å²) in [6, 6.07) is 0.0248. The first-order chi connectivity index (χ1) is 5.07. The van der Waals surface area contributed by atoms with Gasteiger partial charge in [0.25, 0.3) is 0 Å². The van der Waals surface area contributed by atoms with Crippen LogP contribution in [0.2, 0.25) is 0 Å². The van der Waals surface area contributed by atoms with Gasteiger partial charge in [-0.25, -0.2) is 0 Å². The Hall–Kier alpha value is 1.19. The predicted molar refractivity (Wildman–Crippen MR) is 45.1 cm³/mol. The van der Waals surface area contributed by atoms with Crippen LogP contribution in [0, 0.1) is 0 Å². The SMILES string of the molecule is N[C@@H]1CCCC[C@@]1(N)[Pt]([Cl])[Cl]. The van der Waals surface area contributed by atoms with E-state index in [1.54, 1.807) is 0 Å². The second-order valence-corrected chi connectivity index (χ2v) is 11.1. The van der Waals surface area contributed by atoms with Crippen LogP contribution in [-0.2, 0) is 15.2 Å². The van der Waals surface area contributed by atoms with E-state index in [0.29, 0.717) is 0 Å². The first-order valence-corrected chi connectivity index (χ1v) is 10.3. The van der Waals surface area contributed by atoms with Crippen LogP contribution in [-0.4, -0.2) is 9.97 Å². The molecule has 0 aromatic carbocycles. The summed E-state index contributed by atoms with van der Waals surface area (Å²) < 4.78 is -0.397. The molecule has 2 atom stereocenters. The zero-order valence-electron chi connectivity index (χ0n) is 6.13. The number of halogens is 2. The van der Waals surface area contributed by atoms with Crippen LogP contribution in [0.3, 0.4) is 0 Å². The van der Waals surface area contributed by atoms with Gasteiger partial charge < -0.3 is 0 Å². The Morgan fingerprint density at radius 3 is 2.36 bits per heavy atom. The summed E-state index contributed by atoms with van der Waals surface area (Å²) in [7, 11) is 11.8. The van der Waals surface area contributed by atoms with Gasteiger partial charge in [0.05, 0.1) is 0 Å². The van der Waals surface area contributed by atoms with Crippen molar-refractivity contribution in [3.63, 3.8) is 0 Å². The van der Waals surface area contributed by atoms with Crippen molar-refractivity contribution in [2.24, 2.45) is 11.5 Å².